The molecule has 0 rings (SSSR count). The maximum absolute atomic E-state index is 9.71. The van der Waals surface area contributed by atoms with Crippen molar-refractivity contribution in [3.05, 3.63) is 0 Å². The molecule has 1 N–H and O–H groups in total. The smallest absolute Gasteiger partial charge is 0.275 e. The molecule has 0 aliphatic carbocycles. The zero-order valence-electron chi connectivity index (χ0n) is 2.79. The maximum Gasteiger partial charge on any atom is 0.534 e. The number of rotatable bonds is 2. The molecule has 0 radical (unpaired) electrons. The topological polar surface area (TPSA) is 46.2 Å². The molecule has 0 saturated carbocycles. The van der Waals surface area contributed by atoms with E-state index in [1.165, 1.54) is 0 Å². The molecule has 34 valence electrons. The van der Waals surface area contributed by atoms with E-state index < -0.39 is 7.15 Å². The Labute approximate surface area is 41.1 Å². The van der Waals surface area contributed by atoms with Crippen LogP contribution < -0.4 is 5.09 Å². The zero-order valence-corrected chi connectivity index (χ0v) is 4.58. The lowest BCUT2D eigenvalue weighted by atomic mass is 11.5. The molecular weight excluding hydrogens is 121 g/mol. The van der Waals surface area contributed by atoms with Gasteiger partial charge in [0.15, 0.2) is 0 Å². The number of carbonyl (C=O) groups excluding carboxylic acids is 1. The van der Waals surface area contributed by atoms with Gasteiger partial charge in [0.25, 0.3) is 0 Å². The minimum atomic E-state index is -1.77. The van der Waals surface area contributed by atoms with Crippen LogP contribution in [0.4, 0.5) is 0 Å². The van der Waals surface area contributed by atoms with Crippen LogP contribution in [0, 0.1) is 0 Å². The Bertz CT molecular complexity index is 73.9. The van der Waals surface area contributed by atoms with Crippen LogP contribution in [-0.2, 0) is 9.36 Å². The average Bonchev–Trinajstić information content (AvgIpc) is 1.35. The van der Waals surface area contributed by atoms with E-state index in [0.29, 0.717) is 6.41 Å². The van der Waals surface area contributed by atoms with Crippen molar-refractivity contribution in [1.82, 2.24) is 5.09 Å². The molecule has 0 heterocycles. The van der Waals surface area contributed by atoms with Crippen LogP contribution in [0.3, 0.4) is 0 Å². The fourth-order valence-corrected chi connectivity index (χ4v) is 0.277. The lowest BCUT2D eigenvalue weighted by molar-refractivity contribution is -0.108. The lowest BCUT2D eigenvalue weighted by Crippen LogP contribution is -1.92. The highest BCUT2D eigenvalue weighted by Gasteiger charge is 2.00. The molecule has 0 bridgehead atoms. The minimum Gasteiger partial charge on any atom is -0.275 e. The van der Waals surface area contributed by atoms with E-state index in [-0.39, 0.29) is 0 Å². The Morgan fingerprint density at radius 1 is 1.83 bits per heavy atom. The summed E-state index contributed by atoms with van der Waals surface area (Å²) >= 11 is 3.35. The maximum atomic E-state index is 9.71. The normalized spacial score (nSPS) is 9.83. The molecule has 0 aliphatic rings. The predicted octanol–water partition coefficient (Wildman–Crippen LogP) is 0.320. The molecule has 0 spiro atoms. The average molecular weight is 124 g/mol. The van der Waals surface area contributed by atoms with Gasteiger partial charge in [-0.15, -0.1) is 5.09 Å². The van der Waals surface area contributed by atoms with Gasteiger partial charge >= 0.3 is 7.15 Å². The van der Waals surface area contributed by atoms with Crippen molar-refractivity contribution in [3.63, 3.8) is 0 Å². The van der Waals surface area contributed by atoms with Crippen LogP contribution in [0.5, 0.6) is 0 Å². The lowest BCUT2D eigenvalue weighted by Gasteiger charge is -1.61. The standard InChI is InChI=1S/CH2NO2PS/c3-1-2-5(4)6/h1H,(H-,2,3,4,6)/p+1. The molecule has 0 aliphatic heterocycles. The van der Waals surface area contributed by atoms with Crippen molar-refractivity contribution < 1.29 is 9.36 Å². The van der Waals surface area contributed by atoms with Crippen molar-refractivity contribution >= 4 is 25.8 Å². The van der Waals surface area contributed by atoms with E-state index in [9.17, 15) is 9.36 Å². The first-order valence-corrected chi connectivity index (χ1v) is 3.54. The molecule has 3 nitrogen and oxygen atoms in total. The van der Waals surface area contributed by atoms with Crippen molar-refractivity contribution in [2.75, 3.05) is 0 Å². The summed E-state index contributed by atoms with van der Waals surface area (Å²) in [6.45, 7) is 0. The second-order valence-electron chi connectivity index (χ2n) is 0.520. The largest absolute Gasteiger partial charge is 0.534 e. The summed E-state index contributed by atoms with van der Waals surface area (Å²) in [5.41, 5.74) is 0. The highest BCUT2D eigenvalue weighted by atomic mass is 32.7. The summed E-state index contributed by atoms with van der Waals surface area (Å²) in [6, 6.07) is 0. The van der Waals surface area contributed by atoms with Crippen molar-refractivity contribution in [1.29, 1.82) is 0 Å². The van der Waals surface area contributed by atoms with E-state index in [1.54, 1.807) is 0 Å². The fraction of sp³-hybridized carbons (Fsp3) is 0. The monoisotopic (exact) mass is 124 g/mol. The summed E-state index contributed by atoms with van der Waals surface area (Å²) in [4.78, 5) is 9.27. The third-order valence-corrected chi connectivity index (χ3v) is 0.836. The molecule has 0 aromatic carbocycles. The highest BCUT2D eigenvalue weighted by molar-refractivity contribution is 8.40. The van der Waals surface area contributed by atoms with Gasteiger partial charge in [0.1, 0.15) is 12.2 Å². The first kappa shape index (κ1) is 5.92. The number of nitrogens with one attached hydrogen (secondary N) is 1. The third-order valence-electron chi connectivity index (χ3n) is 0.163. The summed E-state index contributed by atoms with van der Waals surface area (Å²) in [6.07, 6.45) is 0.339. The summed E-state index contributed by atoms with van der Waals surface area (Å²) in [5, 5.41) is 1.90. The molecule has 0 aromatic heterocycles. The fourth-order valence-electron chi connectivity index (χ4n) is 0.0451. The highest BCUT2D eigenvalue weighted by Crippen LogP contribution is 2.16. The van der Waals surface area contributed by atoms with Crippen LogP contribution in [0.15, 0.2) is 0 Å². The van der Waals surface area contributed by atoms with Crippen LogP contribution in [0.2, 0.25) is 0 Å². The van der Waals surface area contributed by atoms with Crippen LogP contribution >= 0.6 is 19.4 Å². The Kier molecular flexibility index (Phi) is 3.08. The molecule has 0 fully saturated rings. The Morgan fingerprint density at radius 3 is 2.33 bits per heavy atom. The second kappa shape index (κ2) is 3.12. The van der Waals surface area contributed by atoms with E-state index in [2.05, 4.69) is 12.2 Å². The third kappa shape index (κ3) is 3.92. The Balaban J connectivity index is 3.05. The van der Waals surface area contributed by atoms with Gasteiger partial charge in [0.2, 0.25) is 6.41 Å². The molecule has 0 aromatic rings. The van der Waals surface area contributed by atoms with Gasteiger partial charge in [-0.2, -0.15) is 0 Å². The van der Waals surface area contributed by atoms with Gasteiger partial charge in [0, 0.05) is 0 Å². The molecule has 6 heavy (non-hydrogen) atoms. The van der Waals surface area contributed by atoms with Gasteiger partial charge in [-0.1, -0.05) is 0 Å². The molecule has 1 atom stereocenters. The van der Waals surface area contributed by atoms with Crippen LogP contribution in [0.1, 0.15) is 0 Å². The molecular formula is CH3NO2PS+. The van der Waals surface area contributed by atoms with Crippen LogP contribution in [0.25, 0.3) is 0 Å². The summed E-state index contributed by atoms with van der Waals surface area (Å²) in [5.74, 6) is 0. The molecule has 1 amide bonds. The van der Waals surface area contributed by atoms with E-state index in [0.717, 1.165) is 0 Å². The van der Waals surface area contributed by atoms with Crippen LogP contribution in [-0.4, -0.2) is 6.41 Å². The first-order valence-electron chi connectivity index (χ1n) is 1.13. The molecule has 0 saturated heterocycles. The van der Waals surface area contributed by atoms with Gasteiger partial charge in [0.05, 0.1) is 0 Å². The van der Waals surface area contributed by atoms with Gasteiger partial charge < -0.3 is 0 Å². The predicted molar refractivity (Wildman–Crippen MR) is 25.8 cm³/mol. The number of amides is 1. The Morgan fingerprint density at radius 2 is 2.33 bits per heavy atom. The minimum absolute atomic E-state index is 0.339. The summed E-state index contributed by atoms with van der Waals surface area (Å²) in [7, 11) is -1.77. The summed E-state index contributed by atoms with van der Waals surface area (Å²) < 4.78 is 9.71. The molecule has 1 unspecified atom stereocenters. The second-order valence-corrected chi connectivity index (χ2v) is 2.41. The van der Waals surface area contributed by atoms with Gasteiger partial charge in [-0.05, 0) is 4.57 Å². The van der Waals surface area contributed by atoms with Gasteiger partial charge in [-0.25, -0.2) is 0 Å². The van der Waals surface area contributed by atoms with Crippen molar-refractivity contribution in [3.8, 4) is 0 Å². The molecule has 5 heteroatoms. The van der Waals surface area contributed by atoms with Gasteiger partial charge in [-0.3, -0.25) is 4.79 Å². The number of hydrogen-bond acceptors (Lipinski definition) is 2. The number of hydrogen-bond donors (Lipinski definition) is 2. The van der Waals surface area contributed by atoms with E-state index >= 15 is 0 Å². The van der Waals surface area contributed by atoms with E-state index in [1.807, 2.05) is 5.09 Å². The first-order chi connectivity index (χ1) is 2.77. The number of carbonyl (C=O) groups is 1. The SMILES string of the molecule is O=CN[P+](=O)S. The van der Waals surface area contributed by atoms with Crippen molar-refractivity contribution in [2.24, 2.45) is 0 Å². The van der Waals surface area contributed by atoms with E-state index in [4.69, 9.17) is 0 Å². The zero-order chi connectivity index (χ0) is 4.99. The Hall–Kier alpha value is -0.0800. The number of thiol groups is 1. The van der Waals surface area contributed by atoms with Crippen molar-refractivity contribution in [2.45, 2.75) is 0 Å². The quantitative estimate of drug-likeness (QED) is 0.316.